The fourth-order valence-corrected chi connectivity index (χ4v) is 4.78. The van der Waals surface area contributed by atoms with Crippen molar-refractivity contribution in [3.05, 3.63) is 59.3 Å². The molecule has 32 heavy (non-hydrogen) atoms. The zero-order valence-electron chi connectivity index (χ0n) is 19.2. The lowest BCUT2D eigenvalue weighted by Crippen LogP contribution is -2.43. The second-order valence-electron chi connectivity index (χ2n) is 9.13. The average molecular weight is 436 g/mol. The van der Waals surface area contributed by atoms with Crippen molar-refractivity contribution in [2.45, 2.75) is 39.0 Å². The van der Waals surface area contributed by atoms with E-state index in [0.29, 0.717) is 35.8 Å². The van der Waals surface area contributed by atoms with E-state index in [0.717, 1.165) is 16.8 Å². The van der Waals surface area contributed by atoms with Gasteiger partial charge in [-0.2, -0.15) is 0 Å². The lowest BCUT2D eigenvalue weighted by molar-refractivity contribution is -0.121. The summed E-state index contributed by atoms with van der Waals surface area (Å²) < 4.78 is 16.2. The number of methoxy groups -OCH3 is 3. The van der Waals surface area contributed by atoms with Crippen molar-refractivity contribution in [3.8, 4) is 17.2 Å². The fraction of sp³-hybridized carbons (Fsp3) is 0.385. The number of hydrogen-bond donors (Lipinski definition) is 0. The van der Waals surface area contributed by atoms with E-state index in [1.165, 1.54) is 0 Å². The van der Waals surface area contributed by atoms with Crippen LogP contribution in [0.1, 0.15) is 44.6 Å². The van der Waals surface area contributed by atoms with Crippen LogP contribution in [0.5, 0.6) is 17.2 Å². The van der Waals surface area contributed by atoms with Crippen molar-refractivity contribution in [1.29, 1.82) is 0 Å². The van der Waals surface area contributed by atoms with Gasteiger partial charge in [-0.3, -0.25) is 14.5 Å². The molecule has 0 N–H and O–H groups in total. The predicted octanol–water partition coefficient (Wildman–Crippen LogP) is 4.88. The Morgan fingerprint density at radius 2 is 1.53 bits per heavy atom. The number of rotatable bonds is 5. The topological polar surface area (TPSA) is 65.1 Å². The lowest BCUT2D eigenvalue weighted by atomic mass is 9.69. The maximum absolute atomic E-state index is 13.6. The van der Waals surface area contributed by atoms with Crippen LogP contribution in [0.2, 0.25) is 0 Å². The molecule has 0 spiro atoms. The van der Waals surface area contributed by atoms with Crippen LogP contribution < -0.4 is 19.1 Å². The number of Topliss-reactive ketones (excluding diaryl/α,β-unsaturated/α-hetero) is 1. The Morgan fingerprint density at radius 1 is 0.875 bits per heavy atom. The van der Waals surface area contributed by atoms with Crippen LogP contribution in [0.4, 0.5) is 5.69 Å². The molecule has 1 aliphatic heterocycles. The molecule has 4 rings (SSSR count). The number of ketones is 1. The van der Waals surface area contributed by atoms with Gasteiger partial charge in [-0.05, 0) is 29.5 Å². The van der Waals surface area contributed by atoms with Crippen molar-refractivity contribution >= 4 is 17.4 Å². The zero-order chi connectivity index (χ0) is 23.0. The van der Waals surface area contributed by atoms with E-state index >= 15 is 0 Å². The van der Waals surface area contributed by atoms with Crippen LogP contribution in [0.25, 0.3) is 0 Å². The van der Waals surface area contributed by atoms with E-state index in [1.54, 1.807) is 32.3 Å². The van der Waals surface area contributed by atoms with Crippen LogP contribution in [0.15, 0.2) is 53.7 Å². The van der Waals surface area contributed by atoms with Crippen molar-refractivity contribution in [2.75, 3.05) is 26.2 Å². The molecule has 0 fully saturated rings. The highest BCUT2D eigenvalue weighted by molar-refractivity contribution is 6.08. The molecule has 1 atom stereocenters. The molecule has 168 valence electrons. The Bertz CT molecular complexity index is 1080. The first kappa shape index (κ1) is 21.9. The zero-order valence-corrected chi connectivity index (χ0v) is 19.2. The molecule has 2 aliphatic rings. The van der Waals surface area contributed by atoms with Gasteiger partial charge in [0.15, 0.2) is 5.78 Å². The van der Waals surface area contributed by atoms with Gasteiger partial charge in [0.1, 0.15) is 17.2 Å². The normalized spacial score (nSPS) is 20.2. The largest absolute Gasteiger partial charge is 0.497 e. The van der Waals surface area contributed by atoms with Crippen LogP contribution in [-0.4, -0.2) is 33.0 Å². The van der Waals surface area contributed by atoms with Gasteiger partial charge in [0, 0.05) is 48.2 Å². The first-order chi connectivity index (χ1) is 15.3. The number of amides is 1. The minimum atomic E-state index is -0.292. The minimum Gasteiger partial charge on any atom is -0.497 e. The SMILES string of the molecule is COc1cccc(C2CC(=O)N(c3cc(OC)cc(OC)c3)C3=C2C(=O)CC(C)(C)C3)c1. The predicted molar refractivity (Wildman–Crippen MR) is 122 cm³/mol. The minimum absolute atomic E-state index is 0.0580. The van der Waals surface area contributed by atoms with Gasteiger partial charge < -0.3 is 14.2 Å². The van der Waals surface area contributed by atoms with E-state index in [2.05, 4.69) is 13.8 Å². The third kappa shape index (κ3) is 3.97. The molecule has 6 nitrogen and oxygen atoms in total. The van der Waals surface area contributed by atoms with E-state index in [1.807, 2.05) is 36.4 Å². The van der Waals surface area contributed by atoms with E-state index in [-0.39, 0.29) is 29.4 Å². The second kappa shape index (κ2) is 8.34. The van der Waals surface area contributed by atoms with Gasteiger partial charge in [-0.25, -0.2) is 0 Å². The summed E-state index contributed by atoms with van der Waals surface area (Å²) in [6, 6.07) is 13.0. The number of anilines is 1. The monoisotopic (exact) mass is 435 g/mol. The van der Waals surface area contributed by atoms with Gasteiger partial charge in [0.25, 0.3) is 0 Å². The number of benzene rings is 2. The van der Waals surface area contributed by atoms with Crippen molar-refractivity contribution < 1.29 is 23.8 Å². The number of allylic oxidation sites excluding steroid dienone is 2. The molecule has 1 unspecified atom stereocenters. The number of hydrogen-bond acceptors (Lipinski definition) is 5. The molecular formula is C26H29NO5. The quantitative estimate of drug-likeness (QED) is 0.670. The summed E-state index contributed by atoms with van der Waals surface area (Å²) in [6.07, 6.45) is 1.28. The molecule has 1 amide bonds. The molecule has 1 heterocycles. The maximum Gasteiger partial charge on any atom is 0.232 e. The molecule has 6 heteroatoms. The third-order valence-electron chi connectivity index (χ3n) is 6.23. The smallest absolute Gasteiger partial charge is 0.232 e. The van der Waals surface area contributed by atoms with Gasteiger partial charge >= 0.3 is 0 Å². The van der Waals surface area contributed by atoms with Crippen LogP contribution >= 0.6 is 0 Å². The fourth-order valence-electron chi connectivity index (χ4n) is 4.78. The second-order valence-corrected chi connectivity index (χ2v) is 9.13. The summed E-state index contributed by atoms with van der Waals surface area (Å²) in [5.41, 5.74) is 2.81. The molecule has 0 radical (unpaired) electrons. The van der Waals surface area contributed by atoms with Crippen molar-refractivity contribution in [2.24, 2.45) is 5.41 Å². The molecule has 2 aromatic carbocycles. The van der Waals surface area contributed by atoms with Crippen LogP contribution in [0.3, 0.4) is 0 Å². The highest BCUT2D eigenvalue weighted by Gasteiger charge is 2.44. The summed E-state index contributed by atoms with van der Waals surface area (Å²) in [7, 11) is 4.77. The number of carbonyl (C=O) groups excluding carboxylic acids is 2. The van der Waals surface area contributed by atoms with E-state index in [4.69, 9.17) is 14.2 Å². The summed E-state index contributed by atoms with van der Waals surface area (Å²) >= 11 is 0. The van der Waals surface area contributed by atoms with Gasteiger partial charge in [-0.15, -0.1) is 0 Å². The third-order valence-corrected chi connectivity index (χ3v) is 6.23. The molecular weight excluding hydrogens is 406 g/mol. The molecule has 2 aromatic rings. The Hall–Kier alpha value is -3.28. The van der Waals surface area contributed by atoms with Crippen molar-refractivity contribution in [3.63, 3.8) is 0 Å². The van der Waals surface area contributed by atoms with Crippen LogP contribution in [-0.2, 0) is 9.59 Å². The molecule has 0 aromatic heterocycles. The standard InChI is InChI=1S/C26H29NO5/c1-26(2)14-22-25(23(28)15-26)21(16-7-6-8-18(9-16)30-3)13-24(29)27(22)17-10-19(31-4)12-20(11-17)32-5/h6-12,21H,13-15H2,1-5H3. The van der Waals surface area contributed by atoms with Gasteiger partial charge in [-0.1, -0.05) is 26.0 Å². The van der Waals surface area contributed by atoms with E-state index < -0.39 is 0 Å². The van der Waals surface area contributed by atoms with E-state index in [9.17, 15) is 9.59 Å². The summed E-state index contributed by atoms with van der Waals surface area (Å²) in [4.78, 5) is 28.7. The van der Waals surface area contributed by atoms with Crippen molar-refractivity contribution in [1.82, 2.24) is 0 Å². The maximum atomic E-state index is 13.6. The molecule has 1 aliphatic carbocycles. The highest BCUT2D eigenvalue weighted by atomic mass is 16.5. The lowest BCUT2D eigenvalue weighted by Gasteiger charge is -2.43. The van der Waals surface area contributed by atoms with Crippen LogP contribution in [0, 0.1) is 5.41 Å². The highest BCUT2D eigenvalue weighted by Crippen LogP contribution is 2.49. The first-order valence-electron chi connectivity index (χ1n) is 10.7. The Kier molecular flexibility index (Phi) is 5.71. The summed E-state index contributed by atoms with van der Waals surface area (Å²) in [5.74, 6) is 1.63. The summed E-state index contributed by atoms with van der Waals surface area (Å²) in [6.45, 7) is 4.14. The molecule has 0 saturated heterocycles. The Labute approximate surface area is 188 Å². The molecule has 0 bridgehead atoms. The summed E-state index contributed by atoms with van der Waals surface area (Å²) in [5, 5.41) is 0. The Morgan fingerprint density at radius 3 is 2.16 bits per heavy atom. The number of carbonyl (C=O) groups is 2. The molecule has 0 saturated carbocycles. The number of ether oxygens (including phenoxy) is 3. The average Bonchev–Trinajstić information content (AvgIpc) is 2.77. The number of nitrogens with zero attached hydrogens (tertiary/aromatic N) is 1. The Balaban J connectivity index is 1.91. The van der Waals surface area contributed by atoms with Gasteiger partial charge in [0.05, 0.1) is 27.0 Å². The van der Waals surface area contributed by atoms with Gasteiger partial charge in [0.2, 0.25) is 5.91 Å². The first-order valence-corrected chi connectivity index (χ1v) is 10.7.